The van der Waals surface area contributed by atoms with Gasteiger partial charge in [-0.3, -0.25) is 0 Å². The highest BCUT2D eigenvalue weighted by molar-refractivity contribution is 6.32. The van der Waals surface area contributed by atoms with Crippen molar-refractivity contribution in [1.29, 1.82) is 0 Å². The second-order valence-corrected chi connectivity index (χ2v) is 2.90. The van der Waals surface area contributed by atoms with E-state index in [0.29, 0.717) is 6.07 Å². The Bertz CT molecular complexity index is 349. The molecular formula is C8H4ClF5O. The highest BCUT2D eigenvalue weighted by Gasteiger charge is 2.36. The van der Waals surface area contributed by atoms with Crippen LogP contribution in [0.2, 0.25) is 5.02 Å². The molecule has 0 aliphatic heterocycles. The average molecular weight is 247 g/mol. The summed E-state index contributed by atoms with van der Waals surface area (Å²) >= 11 is 5.32. The Morgan fingerprint density at radius 3 is 2.27 bits per heavy atom. The molecule has 0 aliphatic carbocycles. The van der Waals surface area contributed by atoms with Gasteiger partial charge in [-0.25, -0.2) is 0 Å². The number of para-hydroxylation sites is 1. The Morgan fingerprint density at radius 1 is 1.20 bits per heavy atom. The van der Waals surface area contributed by atoms with Crippen molar-refractivity contribution in [2.75, 3.05) is 0 Å². The molecule has 1 nitrogen and oxygen atoms in total. The first kappa shape index (κ1) is 12.0. The molecule has 0 radical (unpaired) electrons. The minimum atomic E-state index is -4.78. The van der Waals surface area contributed by atoms with Crippen molar-refractivity contribution < 1.29 is 26.7 Å². The van der Waals surface area contributed by atoms with E-state index in [-0.39, 0.29) is 0 Å². The quantitative estimate of drug-likeness (QED) is 0.718. The molecule has 7 heteroatoms. The van der Waals surface area contributed by atoms with Gasteiger partial charge in [-0.1, -0.05) is 17.7 Å². The first-order valence-electron chi connectivity index (χ1n) is 3.63. The fraction of sp³-hybridized carbons (Fsp3) is 0.250. The summed E-state index contributed by atoms with van der Waals surface area (Å²) in [7, 11) is 0. The van der Waals surface area contributed by atoms with Crippen LogP contribution < -0.4 is 4.74 Å². The van der Waals surface area contributed by atoms with Gasteiger partial charge < -0.3 is 4.74 Å². The zero-order valence-electron chi connectivity index (χ0n) is 6.99. The van der Waals surface area contributed by atoms with E-state index in [9.17, 15) is 22.0 Å². The number of hydrogen-bond donors (Lipinski definition) is 0. The lowest BCUT2D eigenvalue weighted by molar-refractivity contribution is -0.141. The molecule has 0 aliphatic rings. The van der Waals surface area contributed by atoms with Crippen molar-refractivity contribution in [2.24, 2.45) is 0 Å². The number of rotatable bonds is 2. The molecule has 0 heterocycles. The molecule has 0 bridgehead atoms. The Balaban J connectivity index is 3.21. The first-order valence-corrected chi connectivity index (χ1v) is 4.00. The standard InChI is InChI=1S/C8H4ClF5O/c9-5-3-1-2-4(8(12,13)14)6(5)15-7(10)11/h1-3,7H. The highest BCUT2D eigenvalue weighted by Crippen LogP contribution is 2.40. The Kier molecular flexibility index (Phi) is 3.38. The number of halogens is 6. The van der Waals surface area contributed by atoms with Crippen LogP contribution in [0.15, 0.2) is 18.2 Å². The van der Waals surface area contributed by atoms with Crippen LogP contribution in [0, 0.1) is 0 Å². The molecule has 0 aromatic heterocycles. The van der Waals surface area contributed by atoms with Crippen molar-refractivity contribution in [3.05, 3.63) is 28.8 Å². The molecular weight excluding hydrogens is 243 g/mol. The largest absolute Gasteiger partial charge is 0.433 e. The fourth-order valence-electron chi connectivity index (χ4n) is 0.941. The van der Waals surface area contributed by atoms with Gasteiger partial charge in [-0.05, 0) is 12.1 Å². The van der Waals surface area contributed by atoms with E-state index in [1.54, 1.807) is 0 Å². The number of benzene rings is 1. The number of alkyl halides is 5. The van der Waals surface area contributed by atoms with Crippen LogP contribution in [0.3, 0.4) is 0 Å². The van der Waals surface area contributed by atoms with Crippen LogP contribution >= 0.6 is 11.6 Å². The zero-order valence-corrected chi connectivity index (χ0v) is 7.74. The van der Waals surface area contributed by atoms with E-state index in [2.05, 4.69) is 4.74 Å². The van der Waals surface area contributed by atoms with Gasteiger partial charge in [-0.2, -0.15) is 22.0 Å². The molecule has 1 aromatic rings. The van der Waals surface area contributed by atoms with Gasteiger partial charge in [0.2, 0.25) is 0 Å². The van der Waals surface area contributed by atoms with Crippen LogP contribution in [-0.4, -0.2) is 6.61 Å². The molecule has 0 spiro atoms. The molecule has 0 unspecified atom stereocenters. The Morgan fingerprint density at radius 2 is 1.80 bits per heavy atom. The lowest BCUT2D eigenvalue weighted by Gasteiger charge is -2.14. The van der Waals surface area contributed by atoms with Gasteiger partial charge in [0.1, 0.15) is 0 Å². The molecule has 0 N–H and O–H groups in total. The summed E-state index contributed by atoms with van der Waals surface area (Å²) in [6, 6.07) is 2.65. The topological polar surface area (TPSA) is 9.23 Å². The first-order chi connectivity index (χ1) is 6.82. The highest BCUT2D eigenvalue weighted by atomic mass is 35.5. The van der Waals surface area contributed by atoms with Crippen molar-refractivity contribution >= 4 is 11.6 Å². The smallest absolute Gasteiger partial charge is 0.420 e. The van der Waals surface area contributed by atoms with E-state index >= 15 is 0 Å². The van der Waals surface area contributed by atoms with Gasteiger partial charge in [-0.15, -0.1) is 0 Å². The second kappa shape index (κ2) is 4.22. The van der Waals surface area contributed by atoms with E-state index < -0.39 is 29.1 Å². The summed E-state index contributed by atoms with van der Waals surface area (Å²) in [5.41, 5.74) is -1.32. The van der Waals surface area contributed by atoms with Gasteiger partial charge in [0, 0.05) is 0 Å². The van der Waals surface area contributed by atoms with Crippen LogP contribution in [0.4, 0.5) is 22.0 Å². The molecule has 0 saturated carbocycles. The van der Waals surface area contributed by atoms with E-state index in [1.807, 2.05) is 0 Å². The molecule has 0 atom stereocenters. The summed E-state index contributed by atoms with van der Waals surface area (Å²) in [4.78, 5) is 0. The molecule has 1 rings (SSSR count). The van der Waals surface area contributed by atoms with Gasteiger partial charge in [0.25, 0.3) is 0 Å². The maximum absolute atomic E-state index is 12.3. The van der Waals surface area contributed by atoms with Crippen LogP contribution in [-0.2, 0) is 6.18 Å². The van der Waals surface area contributed by atoms with E-state index in [4.69, 9.17) is 11.6 Å². The maximum Gasteiger partial charge on any atom is 0.420 e. The molecule has 15 heavy (non-hydrogen) atoms. The zero-order chi connectivity index (χ0) is 11.6. The van der Waals surface area contributed by atoms with Crippen LogP contribution in [0.1, 0.15) is 5.56 Å². The summed E-state index contributed by atoms with van der Waals surface area (Å²) < 4.78 is 64.2. The Labute approximate surface area is 86.4 Å². The molecule has 0 amide bonds. The van der Waals surface area contributed by atoms with Crippen molar-refractivity contribution in [1.82, 2.24) is 0 Å². The van der Waals surface area contributed by atoms with E-state index in [0.717, 1.165) is 12.1 Å². The lowest BCUT2D eigenvalue weighted by atomic mass is 10.2. The summed E-state index contributed by atoms with van der Waals surface area (Å²) in [5, 5.41) is -0.509. The van der Waals surface area contributed by atoms with Crippen LogP contribution in [0.5, 0.6) is 5.75 Å². The third-order valence-corrected chi connectivity index (χ3v) is 1.78. The number of ether oxygens (including phenoxy) is 1. The summed E-state index contributed by atoms with van der Waals surface area (Å²) in [5.74, 6) is -1.05. The fourth-order valence-corrected chi connectivity index (χ4v) is 1.16. The van der Waals surface area contributed by atoms with Crippen molar-refractivity contribution in [3.63, 3.8) is 0 Å². The molecule has 84 valence electrons. The Hall–Kier alpha value is -1.04. The van der Waals surface area contributed by atoms with Gasteiger partial charge in [0.15, 0.2) is 5.75 Å². The third-order valence-electron chi connectivity index (χ3n) is 1.48. The molecule has 1 aromatic carbocycles. The van der Waals surface area contributed by atoms with Gasteiger partial charge in [0.05, 0.1) is 10.6 Å². The number of hydrogen-bond acceptors (Lipinski definition) is 1. The predicted molar refractivity (Wildman–Crippen MR) is 43.1 cm³/mol. The van der Waals surface area contributed by atoms with E-state index in [1.165, 1.54) is 0 Å². The molecule has 0 saturated heterocycles. The van der Waals surface area contributed by atoms with Crippen molar-refractivity contribution in [3.8, 4) is 5.75 Å². The molecule has 0 fully saturated rings. The minimum absolute atomic E-state index is 0.509. The average Bonchev–Trinajstić information content (AvgIpc) is 2.05. The minimum Gasteiger partial charge on any atom is -0.433 e. The monoisotopic (exact) mass is 246 g/mol. The second-order valence-electron chi connectivity index (χ2n) is 2.49. The lowest BCUT2D eigenvalue weighted by Crippen LogP contribution is -2.11. The normalized spacial score (nSPS) is 11.9. The third kappa shape index (κ3) is 2.95. The van der Waals surface area contributed by atoms with Crippen molar-refractivity contribution in [2.45, 2.75) is 12.8 Å². The predicted octanol–water partition coefficient (Wildman–Crippen LogP) is 3.96. The van der Waals surface area contributed by atoms with Gasteiger partial charge >= 0.3 is 12.8 Å². The summed E-state index contributed by atoms with van der Waals surface area (Å²) in [6.07, 6.45) is -4.78. The van der Waals surface area contributed by atoms with Crippen LogP contribution in [0.25, 0.3) is 0 Å². The SMILES string of the molecule is FC(F)Oc1c(Cl)cccc1C(F)(F)F. The summed E-state index contributed by atoms with van der Waals surface area (Å²) in [6.45, 7) is -3.36. The maximum atomic E-state index is 12.3.